The molecule has 0 saturated carbocycles. The fourth-order valence-electron chi connectivity index (χ4n) is 12.1. The van der Waals surface area contributed by atoms with Gasteiger partial charge in [0.25, 0.3) is 6.71 Å². The number of aromatic nitrogens is 2. The van der Waals surface area contributed by atoms with Gasteiger partial charge in [-0.2, -0.15) is 0 Å². The topological polar surface area (TPSA) is 42.2 Å². The van der Waals surface area contributed by atoms with Crippen LogP contribution in [0.2, 0.25) is 0 Å². The zero-order valence-corrected chi connectivity index (χ0v) is 43.5. The molecule has 6 nitrogen and oxygen atoms in total. The predicted molar refractivity (Wildman–Crippen MR) is 302 cm³/mol. The molecule has 0 atom stereocenters. The van der Waals surface area contributed by atoms with Crippen LogP contribution in [0.15, 0.2) is 140 Å². The smallest absolute Gasteiger partial charge is 0.252 e. The van der Waals surface area contributed by atoms with Gasteiger partial charge in [-0.3, -0.25) is 4.40 Å². The number of para-hydroxylation sites is 1. The van der Waals surface area contributed by atoms with Crippen LogP contribution in [0.25, 0.3) is 49.5 Å². The minimum absolute atomic E-state index is 0.0694. The van der Waals surface area contributed by atoms with E-state index in [1.165, 1.54) is 49.4 Å². The first-order chi connectivity index (χ1) is 34.2. The lowest BCUT2D eigenvalue weighted by Crippen LogP contribution is -2.62. The van der Waals surface area contributed by atoms with Gasteiger partial charge >= 0.3 is 0 Å². The molecule has 10 aromatic rings. The van der Waals surface area contributed by atoms with E-state index >= 15 is 0 Å². The Morgan fingerprint density at radius 2 is 0.889 bits per heavy atom. The van der Waals surface area contributed by atoms with Crippen LogP contribution in [-0.2, 0) is 21.7 Å². The van der Waals surface area contributed by atoms with Crippen molar-refractivity contribution in [3.8, 4) is 34.1 Å². The zero-order valence-electron chi connectivity index (χ0n) is 43.5. The normalized spacial score (nSPS) is 14.5. The molecule has 0 fully saturated rings. The number of ether oxygens (including phenoxy) is 2. The average molecular weight is 939 g/mol. The number of hydrogen-bond acceptors (Lipinski definition) is 5. The first-order valence-corrected chi connectivity index (χ1v) is 25.7. The van der Waals surface area contributed by atoms with Crippen LogP contribution in [0.5, 0.6) is 23.0 Å². The summed E-state index contributed by atoms with van der Waals surface area (Å²) in [4.78, 5) is 10.4. The van der Waals surface area contributed by atoms with Crippen molar-refractivity contribution in [3.05, 3.63) is 162 Å². The van der Waals surface area contributed by atoms with Crippen molar-refractivity contribution in [1.82, 2.24) is 9.38 Å². The second-order valence-corrected chi connectivity index (χ2v) is 25.0. The molecule has 0 spiro atoms. The third-order valence-electron chi connectivity index (χ3n) is 16.1. The summed E-state index contributed by atoms with van der Waals surface area (Å²) in [6.07, 6.45) is 0. The highest BCUT2D eigenvalue weighted by atomic mass is 16.5. The number of nitrogens with zero attached hydrogens (tertiary/aromatic N) is 4. The summed E-state index contributed by atoms with van der Waals surface area (Å²) < 4.78 is 16.9. The fraction of sp³-hybridized carbons (Fsp3) is 0.246. The van der Waals surface area contributed by atoms with Gasteiger partial charge in [0.05, 0.1) is 39.3 Å². The molecule has 354 valence electrons. The Kier molecular flexibility index (Phi) is 8.49. The highest BCUT2D eigenvalue weighted by Gasteiger charge is 2.49. The first kappa shape index (κ1) is 43.3. The average Bonchev–Trinajstić information content (AvgIpc) is 3.73. The van der Waals surface area contributed by atoms with E-state index < -0.39 is 0 Å². The number of hydrogen-bond donors (Lipinski definition) is 0. The molecule has 2 aromatic heterocycles. The molecular weight excluding hydrogens is 880 g/mol. The van der Waals surface area contributed by atoms with Gasteiger partial charge in [-0.1, -0.05) is 156 Å². The summed E-state index contributed by atoms with van der Waals surface area (Å²) >= 11 is 0. The van der Waals surface area contributed by atoms with Gasteiger partial charge in [0, 0.05) is 22.1 Å². The van der Waals surface area contributed by atoms with E-state index in [0.717, 1.165) is 95.8 Å². The van der Waals surface area contributed by atoms with Crippen molar-refractivity contribution in [2.75, 3.05) is 9.80 Å². The Labute approximate surface area is 422 Å². The number of imidazole rings is 1. The standard InChI is InChI=1S/C65H59BN4O2/c1-62(2,3)38-22-25-49-54(32-38)71-56-34-40(64(7,8)9)30-45-59(56)68(49)52-28-37(36-21-24-47-51(27-36)70-48-20-16-15-18-43(48)42-17-13-14-19-44(42)61(70)67-47)29-53-58(52)66(45)46-31-41(65(10,11)12)35-57-60(46)69(53)50-26-23-39(63(4,5)6)33-55(50)72-57/h13-35H,1-12H3. The van der Waals surface area contributed by atoms with E-state index in [0.29, 0.717) is 0 Å². The van der Waals surface area contributed by atoms with Crippen molar-refractivity contribution >= 4 is 95.6 Å². The van der Waals surface area contributed by atoms with Crippen molar-refractivity contribution in [2.45, 2.75) is 105 Å². The monoisotopic (exact) mass is 938 g/mol. The molecule has 6 heterocycles. The maximum absolute atomic E-state index is 7.25. The maximum atomic E-state index is 7.25. The third kappa shape index (κ3) is 6.06. The van der Waals surface area contributed by atoms with Gasteiger partial charge < -0.3 is 19.3 Å². The van der Waals surface area contributed by atoms with Crippen LogP contribution in [-0.4, -0.2) is 16.1 Å². The molecule has 0 radical (unpaired) electrons. The molecule has 0 saturated heterocycles. The minimum Gasteiger partial charge on any atom is -0.453 e. The van der Waals surface area contributed by atoms with Crippen LogP contribution in [0.4, 0.5) is 34.1 Å². The summed E-state index contributed by atoms with van der Waals surface area (Å²) in [6.45, 7) is 27.4. The summed E-state index contributed by atoms with van der Waals surface area (Å²) in [5.41, 5.74) is 21.3. The van der Waals surface area contributed by atoms with E-state index in [2.05, 4.69) is 237 Å². The van der Waals surface area contributed by atoms with Crippen molar-refractivity contribution < 1.29 is 9.47 Å². The molecular formula is C65H59BN4O2. The number of rotatable bonds is 1. The van der Waals surface area contributed by atoms with Gasteiger partial charge in [-0.25, -0.2) is 4.98 Å². The predicted octanol–water partition coefficient (Wildman–Crippen LogP) is 15.9. The molecule has 8 aromatic carbocycles. The van der Waals surface area contributed by atoms with E-state index in [1.54, 1.807) is 0 Å². The third-order valence-corrected chi connectivity index (χ3v) is 16.1. The Morgan fingerprint density at radius 3 is 1.42 bits per heavy atom. The summed E-state index contributed by atoms with van der Waals surface area (Å²) in [7, 11) is 0. The quantitative estimate of drug-likeness (QED) is 0.121. The lowest BCUT2D eigenvalue weighted by Gasteiger charge is -2.48. The Balaban J connectivity index is 1.11. The summed E-state index contributed by atoms with van der Waals surface area (Å²) in [6, 6.07) is 52.5. The van der Waals surface area contributed by atoms with Gasteiger partial charge in [-0.05, 0) is 144 Å². The maximum Gasteiger partial charge on any atom is 0.252 e. The number of anilines is 6. The van der Waals surface area contributed by atoms with E-state index in [1.807, 2.05) is 0 Å². The first-order valence-electron chi connectivity index (χ1n) is 25.7. The molecule has 4 aliphatic heterocycles. The Bertz CT molecular complexity index is 3900. The van der Waals surface area contributed by atoms with Crippen LogP contribution in [0.3, 0.4) is 0 Å². The van der Waals surface area contributed by atoms with E-state index in [4.69, 9.17) is 14.5 Å². The lowest BCUT2D eigenvalue weighted by molar-refractivity contribution is 0.469. The van der Waals surface area contributed by atoms with Crippen LogP contribution < -0.4 is 35.7 Å². The van der Waals surface area contributed by atoms with Gasteiger partial charge in [0.15, 0.2) is 23.0 Å². The fourth-order valence-corrected chi connectivity index (χ4v) is 12.1. The van der Waals surface area contributed by atoms with Crippen LogP contribution in [0.1, 0.15) is 105 Å². The minimum atomic E-state index is -0.144. The Morgan fingerprint density at radius 1 is 0.403 bits per heavy atom. The molecule has 0 unspecified atom stereocenters. The second-order valence-electron chi connectivity index (χ2n) is 25.0. The highest BCUT2D eigenvalue weighted by Crippen LogP contribution is 2.58. The van der Waals surface area contributed by atoms with Crippen LogP contribution in [0, 0.1) is 0 Å². The largest absolute Gasteiger partial charge is 0.453 e. The van der Waals surface area contributed by atoms with E-state index in [9.17, 15) is 0 Å². The summed E-state index contributed by atoms with van der Waals surface area (Å²) in [5.74, 6) is 3.52. The molecule has 4 aliphatic rings. The Hall–Kier alpha value is -7.51. The number of pyridine rings is 1. The van der Waals surface area contributed by atoms with Crippen molar-refractivity contribution in [1.29, 1.82) is 0 Å². The van der Waals surface area contributed by atoms with Crippen molar-refractivity contribution in [2.24, 2.45) is 0 Å². The summed E-state index contributed by atoms with van der Waals surface area (Å²) in [5, 5.41) is 3.57. The molecule has 72 heavy (non-hydrogen) atoms. The highest BCUT2D eigenvalue weighted by molar-refractivity contribution is 7.00. The SMILES string of the molecule is CC(C)(C)c1ccc2c(c1)Oc1cc(C(C)(C)C)cc3c1N2c1cc(-c2ccc4nc5c6ccccc6c6ccccc6n5c4c2)cc2c1B3c1cc(C(C)(C)C)cc3c1N2c1ccc(C(C)(C)C)cc1O3. The molecule has 7 heteroatoms. The zero-order chi connectivity index (χ0) is 49.7. The van der Waals surface area contributed by atoms with Crippen LogP contribution >= 0.6 is 0 Å². The molecule has 14 rings (SSSR count). The molecule has 0 N–H and O–H groups in total. The number of fused-ring (bicyclic) bond motifs is 16. The number of benzene rings is 8. The van der Waals surface area contributed by atoms with Gasteiger partial charge in [0.1, 0.15) is 5.65 Å². The molecule has 0 amide bonds. The molecule has 0 bridgehead atoms. The lowest BCUT2D eigenvalue weighted by atomic mass is 9.33. The van der Waals surface area contributed by atoms with Gasteiger partial charge in [-0.15, -0.1) is 0 Å². The molecule has 0 aliphatic carbocycles. The van der Waals surface area contributed by atoms with Crippen molar-refractivity contribution in [3.63, 3.8) is 0 Å². The second kappa shape index (κ2) is 14.1. The van der Waals surface area contributed by atoms with Gasteiger partial charge in [0.2, 0.25) is 0 Å². The van der Waals surface area contributed by atoms with E-state index in [-0.39, 0.29) is 28.4 Å².